The average Bonchev–Trinajstić information content (AvgIpc) is 2.49. The summed E-state index contributed by atoms with van der Waals surface area (Å²) in [6, 6.07) is 1.97. The van der Waals surface area contributed by atoms with Crippen LogP contribution in [0.5, 0.6) is 0 Å². The molecule has 0 aromatic carbocycles. The fourth-order valence-corrected chi connectivity index (χ4v) is 2.61. The number of hydrogen-bond donors (Lipinski definition) is 0. The third-order valence-corrected chi connectivity index (χ3v) is 3.48. The third kappa shape index (κ3) is 1.68. The molecule has 1 aliphatic heterocycles. The molecule has 0 atom stereocenters. The van der Waals surface area contributed by atoms with E-state index in [1.54, 1.807) is 18.5 Å². The Labute approximate surface area is 95.5 Å². The molecule has 1 aromatic heterocycles. The molecule has 3 nitrogen and oxygen atoms in total. The van der Waals surface area contributed by atoms with E-state index in [1.807, 2.05) is 6.07 Å². The zero-order valence-corrected chi connectivity index (χ0v) is 9.05. The molecule has 0 bridgehead atoms. The summed E-state index contributed by atoms with van der Waals surface area (Å²) in [7, 11) is 0. The van der Waals surface area contributed by atoms with E-state index in [4.69, 9.17) is 5.26 Å². The van der Waals surface area contributed by atoms with E-state index in [0.29, 0.717) is 12.0 Å². The van der Waals surface area contributed by atoms with Gasteiger partial charge in [0.1, 0.15) is 6.07 Å². The zero-order chi connectivity index (χ0) is 11.5. The van der Waals surface area contributed by atoms with Gasteiger partial charge < -0.3 is 0 Å². The summed E-state index contributed by atoms with van der Waals surface area (Å²) in [6.07, 6.45) is 5.51. The second-order valence-electron chi connectivity index (χ2n) is 3.17. The van der Waals surface area contributed by atoms with Crippen LogP contribution in [0.2, 0.25) is 0 Å². The quantitative estimate of drug-likeness (QED) is 0.737. The molecule has 16 heavy (non-hydrogen) atoms. The number of fused-ring (bicyclic) bond motifs is 1. The van der Waals surface area contributed by atoms with Crippen molar-refractivity contribution in [3.05, 3.63) is 27.1 Å². The van der Waals surface area contributed by atoms with Gasteiger partial charge in [-0.15, -0.1) is 11.3 Å². The number of Topliss-reactive ketones (excluding diaryl/α,β-unsaturated/α-hetero) is 1. The van der Waals surface area contributed by atoms with Crippen molar-refractivity contribution in [3.8, 4) is 6.07 Å². The zero-order valence-electron chi connectivity index (χ0n) is 8.24. The van der Waals surface area contributed by atoms with Gasteiger partial charge in [-0.3, -0.25) is 9.79 Å². The first-order chi connectivity index (χ1) is 7.77. The molecule has 80 valence electrons. The van der Waals surface area contributed by atoms with Crippen LogP contribution in [0.3, 0.4) is 0 Å². The molecule has 2 heterocycles. The second kappa shape index (κ2) is 4.37. The van der Waals surface area contributed by atoms with Crippen molar-refractivity contribution < 1.29 is 9.18 Å². The number of nitrogens with zero attached hydrogens (tertiary/aromatic N) is 2. The molecule has 0 N–H and O–H groups in total. The van der Waals surface area contributed by atoms with Crippen LogP contribution in [-0.2, 0) is 6.42 Å². The lowest BCUT2D eigenvalue weighted by Crippen LogP contribution is -2.01. The first kappa shape index (κ1) is 10.7. The SMILES string of the molecule is N#Cc1c(C(=O)CF)sc2c1CC=NC=C2. The van der Waals surface area contributed by atoms with Crippen LogP contribution in [0, 0.1) is 11.3 Å². The average molecular weight is 234 g/mol. The van der Waals surface area contributed by atoms with Crippen LogP contribution >= 0.6 is 11.3 Å². The van der Waals surface area contributed by atoms with Gasteiger partial charge in [0.2, 0.25) is 5.78 Å². The van der Waals surface area contributed by atoms with Gasteiger partial charge in [-0.25, -0.2) is 4.39 Å². The normalized spacial score (nSPS) is 13.0. The summed E-state index contributed by atoms with van der Waals surface area (Å²) < 4.78 is 12.3. The predicted octanol–water partition coefficient (Wildman–Crippen LogP) is 2.37. The van der Waals surface area contributed by atoms with Crippen molar-refractivity contribution in [2.24, 2.45) is 4.99 Å². The number of aliphatic imine (C=N–C) groups is 1. The summed E-state index contributed by atoms with van der Waals surface area (Å²) in [5, 5.41) is 9.01. The highest BCUT2D eigenvalue weighted by molar-refractivity contribution is 7.15. The summed E-state index contributed by atoms with van der Waals surface area (Å²) in [5.74, 6) is -0.625. The fourth-order valence-electron chi connectivity index (χ4n) is 1.51. The maximum atomic E-state index is 12.3. The van der Waals surface area contributed by atoms with Crippen LogP contribution in [-0.4, -0.2) is 18.7 Å². The van der Waals surface area contributed by atoms with E-state index in [0.717, 1.165) is 21.8 Å². The largest absolute Gasteiger partial charge is 0.290 e. The van der Waals surface area contributed by atoms with Crippen LogP contribution in [0.15, 0.2) is 11.2 Å². The number of hydrogen-bond acceptors (Lipinski definition) is 4. The number of ketones is 1. The Hall–Kier alpha value is -1.80. The molecular weight excluding hydrogens is 227 g/mol. The molecule has 2 rings (SSSR count). The fraction of sp³-hybridized carbons (Fsp3) is 0.182. The van der Waals surface area contributed by atoms with Gasteiger partial charge in [0.25, 0.3) is 0 Å². The molecule has 0 fully saturated rings. The van der Waals surface area contributed by atoms with E-state index < -0.39 is 12.5 Å². The predicted molar refractivity (Wildman–Crippen MR) is 60.6 cm³/mol. The van der Waals surface area contributed by atoms with Gasteiger partial charge in [0, 0.05) is 23.7 Å². The van der Waals surface area contributed by atoms with Gasteiger partial charge in [0.15, 0.2) is 6.67 Å². The van der Waals surface area contributed by atoms with Crippen LogP contribution in [0.1, 0.15) is 25.7 Å². The van der Waals surface area contributed by atoms with E-state index >= 15 is 0 Å². The van der Waals surface area contributed by atoms with Crippen molar-refractivity contribution in [2.75, 3.05) is 6.67 Å². The van der Waals surface area contributed by atoms with Gasteiger partial charge in [-0.05, 0) is 11.6 Å². The number of carbonyl (C=O) groups excluding carboxylic acids is 1. The maximum Gasteiger partial charge on any atom is 0.205 e. The maximum absolute atomic E-state index is 12.3. The highest BCUT2D eigenvalue weighted by atomic mass is 32.1. The Kier molecular flexibility index (Phi) is 2.93. The number of nitriles is 1. The number of halogens is 1. The minimum absolute atomic E-state index is 0.218. The van der Waals surface area contributed by atoms with E-state index in [2.05, 4.69) is 4.99 Å². The number of alkyl halides is 1. The lowest BCUT2D eigenvalue weighted by molar-refractivity contribution is 0.0962. The minimum atomic E-state index is -1.06. The first-order valence-electron chi connectivity index (χ1n) is 4.61. The molecule has 0 amide bonds. The van der Waals surface area contributed by atoms with Gasteiger partial charge in [0.05, 0.1) is 10.4 Å². The summed E-state index contributed by atoms with van der Waals surface area (Å²) in [6.45, 7) is -1.06. The standard InChI is InChI=1S/C11H7FN2OS/c12-5-9(15)11-8(6-13)7-1-3-14-4-2-10(7)16-11/h2-4H,1,5H2. The van der Waals surface area contributed by atoms with Crippen molar-refractivity contribution in [1.29, 1.82) is 5.26 Å². The van der Waals surface area contributed by atoms with Crippen LogP contribution in [0.4, 0.5) is 4.39 Å². The number of rotatable bonds is 2. The number of carbonyl (C=O) groups is 1. The molecule has 1 aliphatic rings. The topological polar surface area (TPSA) is 53.2 Å². The first-order valence-corrected chi connectivity index (χ1v) is 5.42. The molecule has 0 radical (unpaired) electrons. The Balaban J connectivity index is 2.59. The van der Waals surface area contributed by atoms with Crippen LogP contribution in [0.25, 0.3) is 6.08 Å². The smallest absolute Gasteiger partial charge is 0.205 e. The van der Waals surface area contributed by atoms with Gasteiger partial charge in [-0.1, -0.05) is 0 Å². The van der Waals surface area contributed by atoms with Crippen LogP contribution < -0.4 is 0 Å². The monoisotopic (exact) mass is 234 g/mol. The van der Waals surface area contributed by atoms with Crippen molar-refractivity contribution >= 4 is 29.4 Å². The van der Waals surface area contributed by atoms with E-state index in [-0.39, 0.29) is 4.88 Å². The number of thiophene rings is 1. The molecule has 0 saturated carbocycles. The summed E-state index contributed by atoms with van der Waals surface area (Å²) in [4.78, 5) is 16.3. The Morgan fingerprint density at radius 2 is 2.50 bits per heavy atom. The lowest BCUT2D eigenvalue weighted by atomic mass is 10.1. The van der Waals surface area contributed by atoms with E-state index in [9.17, 15) is 9.18 Å². The van der Waals surface area contributed by atoms with E-state index in [1.165, 1.54) is 0 Å². The Morgan fingerprint density at radius 3 is 3.19 bits per heavy atom. The van der Waals surface area contributed by atoms with Gasteiger partial charge >= 0.3 is 0 Å². The van der Waals surface area contributed by atoms with Gasteiger partial charge in [-0.2, -0.15) is 5.26 Å². The molecule has 0 spiro atoms. The molecular formula is C11H7FN2OS. The Morgan fingerprint density at radius 1 is 1.69 bits per heavy atom. The second-order valence-corrected chi connectivity index (χ2v) is 4.22. The summed E-state index contributed by atoms with van der Waals surface area (Å²) >= 11 is 1.15. The van der Waals surface area contributed by atoms with Crippen molar-refractivity contribution in [3.63, 3.8) is 0 Å². The molecule has 0 saturated heterocycles. The molecule has 0 aliphatic carbocycles. The lowest BCUT2D eigenvalue weighted by Gasteiger charge is -1.94. The summed E-state index contributed by atoms with van der Waals surface area (Å²) in [5.41, 5.74) is 1.06. The minimum Gasteiger partial charge on any atom is -0.290 e. The van der Waals surface area contributed by atoms with Crippen molar-refractivity contribution in [2.45, 2.75) is 6.42 Å². The highest BCUT2D eigenvalue weighted by Crippen LogP contribution is 2.31. The van der Waals surface area contributed by atoms with Crippen molar-refractivity contribution in [1.82, 2.24) is 0 Å². The molecule has 1 aromatic rings. The Bertz CT molecular complexity index is 537. The molecule has 5 heteroatoms. The highest BCUT2D eigenvalue weighted by Gasteiger charge is 2.21. The third-order valence-electron chi connectivity index (χ3n) is 2.24. The molecule has 0 unspecified atom stereocenters.